The second kappa shape index (κ2) is 9.30. The summed E-state index contributed by atoms with van der Waals surface area (Å²) in [5.41, 5.74) is 6.51. The molecule has 1 aromatic heterocycles. The lowest BCUT2D eigenvalue weighted by Crippen LogP contribution is -2.45. The van der Waals surface area contributed by atoms with E-state index in [2.05, 4.69) is 16.4 Å². The van der Waals surface area contributed by atoms with Crippen molar-refractivity contribution in [3.63, 3.8) is 0 Å². The first kappa shape index (κ1) is 21.1. The van der Waals surface area contributed by atoms with E-state index in [1.165, 1.54) is 4.70 Å². The van der Waals surface area contributed by atoms with Crippen molar-refractivity contribution in [2.45, 2.75) is 38.6 Å². The fourth-order valence-electron chi connectivity index (χ4n) is 1.84. The van der Waals surface area contributed by atoms with Crippen molar-refractivity contribution in [1.29, 1.82) is 0 Å². The number of hydrogen-bond acceptors (Lipinski definition) is 4. The highest BCUT2D eigenvalue weighted by Crippen LogP contribution is 2.22. The predicted molar refractivity (Wildman–Crippen MR) is 98.3 cm³/mol. The second-order valence-corrected chi connectivity index (χ2v) is 6.81. The van der Waals surface area contributed by atoms with E-state index >= 15 is 0 Å². The van der Waals surface area contributed by atoms with Crippen LogP contribution < -0.4 is 11.1 Å². The van der Waals surface area contributed by atoms with Crippen molar-refractivity contribution < 1.29 is 4.79 Å². The number of aromatic nitrogens is 1. The number of para-hydroxylation sites is 1. The molecule has 0 unspecified atom stereocenters. The van der Waals surface area contributed by atoms with E-state index < -0.39 is 0 Å². The number of aryl methyl sites for hydroxylation is 1. The summed E-state index contributed by atoms with van der Waals surface area (Å²) in [6.07, 6.45) is 2.18. The van der Waals surface area contributed by atoms with Gasteiger partial charge in [-0.05, 0) is 38.8 Å². The summed E-state index contributed by atoms with van der Waals surface area (Å²) in [7, 11) is 0. The van der Waals surface area contributed by atoms with Gasteiger partial charge in [0.05, 0.1) is 15.2 Å². The van der Waals surface area contributed by atoms with Crippen LogP contribution in [0.2, 0.25) is 0 Å². The molecule has 0 atom stereocenters. The third-order valence-electron chi connectivity index (χ3n) is 2.87. The smallest absolute Gasteiger partial charge is 0.220 e. The molecule has 22 heavy (non-hydrogen) atoms. The van der Waals surface area contributed by atoms with E-state index in [0.717, 1.165) is 23.4 Å². The van der Waals surface area contributed by atoms with Crippen LogP contribution in [-0.2, 0) is 11.2 Å². The van der Waals surface area contributed by atoms with Crippen LogP contribution in [0.25, 0.3) is 10.2 Å². The van der Waals surface area contributed by atoms with E-state index in [4.69, 9.17) is 5.73 Å². The maximum atomic E-state index is 11.7. The summed E-state index contributed by atoms with van der Waals surface area (Å²) < 4.78 is 1.21. The number of rotatable bonds is 6. The molecule has 1 aromatic carbocycles. The molecule has 0 aliphatic rings. The number of nitrogens with one attached hydrogen (secondary N) is 1. The highest BCUT2D eigenvalue weighted by Gasteiger charge is 2.12. The van der Waals surface area contributed by atoms with Gasteiger partial charge < -0.3 is 11.1 Å². The van der Waals surface area contributed by atoms with Crippen LogP contribution in [0.4, 0.5) is 0 Å². The van der Waals surface area contributed by atoms with Crippen LogP contribution in [0.3, 0.4) is 0 Å². The van der Waals surface area contributed by atoms with Crippen LogP contribution in [0.15, 0.2) is 24.3 Å². The normalized spacial score (nSPS) is 10.7. The lowest BCUT2D eigenvalue weighted by Gasteiger charge is -2.18. The van der Waals surface area contributed by atoms with Gasteiger partial charge in [0, 0.05) is 18.5 Å². The Kier molecular flexibility index (Phi) is 8.93. The van der Waals surface area contributed by atoms with E-state index in [0.29, 0.717) is 13.0 Å². The number of nitrogens with two attached hydrogens (primary N) is 1. The molecule has 0 fully saturated rings. The zero-order valence-electron chi connectivity index (χ0n) is 12.8. The van der Waals surface area contributed by atoms with Gasteiger partial charge in [-0.15, -0.1) is 36.2 Å². The summed E-state index contributed by atoms with van der Waals surface area (Å²) >= 11 is 1.70. The van der Waals surface area contributed by atoms with Crippen LogP contribution in [-0.4, -0.2) is 23.0 Å². The second-order valence-electron chi connectivity index (χ2n) is 5.69. The zero-order valence-corrected chi connectivity index (χ0v) is 15.2. The number of thiazole rings is 1. The molecule has 0 aliphatic carbocycles. The maximum absolute atomic E-state index is 11.7. The zero-order chi connectivity index (χ0) is 14.6. The molecule has 124 valence electrons. The largest absolute Gasteiger partial charge is 0.354 e. The van der Waals surface area contributed by atoms with E-state index in [1.54, 1.807) is 11.3 Å². The van der Waals surface area contributed by atoms with E-state index in [1.807, 2.05) is 32.0 Å². The molecular weight excluding hydrogens is 341 g/mol. The summed E-state index contributed by atoms with van der Waals surface area (Å²) in [6.45, 7) is 4.30. The minimum Gasteiger partial charge on any atom is -0.354 e. The predicted octanol–water partition coefficient (Wildman–Crippen LogP) is 3.32. The number of hydrogen-bond donors (Lipinski definition) is 2. The van der Waals surface area contributed by atoms with Gasteiger partial charge in [-0.25, -0.2) is 4.98 Å². The number of nitrogens with zero attached hydrogens (tertiary/aromatic N) is 1. The SMILES string of the molecule is CC(C)(N)CNC(=O)CCCc1nc2ccccc2s1.Cl.Cl. The minimum absolute atomic E-state index is 0. The van der Waals surface area contributed by atoms with Crippen LogP contribution in [0.1, 0.15) is 31.7 Å². The number of fused-ring (bicyclic) bond motifs is 1. The molecule has 0 saturated heterocycles. The first-order valence-corrected chi connectivity index (χ1v) is 7.66. The van der Waals surface area contributed by atoms with Gasteiger partial charge in [0.2, 0.25) is 5.91 Å². The fraction of sp³-hybridized carbons (Fsp3) is 0.467. The Bertz CT molecular complexity index is 563. The molecule has 0 aliphatic heterocycles. The quantitative estimate of drug-likeness (QED) is 0.826. The van der Waals surface area contributed by atoms with Crippen molar-refractivity contribution in [3.05, 3.63) is 29.3 Å². The average Bonchev–Trinajstić information content (AvgIpc) is 2.78. The summed E-state index contributed by atoms with van der Waals surface area (Å²) in [6, 6.07) is 8.11. The van der Waals surface area contributed by atoms with Gasteiger partial charge in [-0.2, -0.15) is 0 Å². The van der Waals surface area contributed by atoms with Gasteiger partial charge in [0.1, 0.15) is 0 Å². The summed E-state index contributed by atoms with van der Waals surface area (Å²) in [5.74, 6) is 0.0598. The van der Waals surface area contributed by atoms with E-state index in [-0.39, 0.29) is 36.3 Å². The monoisotopic (exact) mass is 363 g/mol. The molecule has 0 bridgehead atoms. The maximum Gasteiger partial charge on any atom is 0.220 e. The van der Waals surface area contributed by atoms with Crippen molar-refractivity contribution in [2.75, 3.05) is 6.54 Å². The molecule has 1 amide bonds. The molecule has 0 radical (unpaired) electrons. The first-order valence-electron chi connectivity index (χ1n) is 6.84. The Morgan fingerprint density at radius 1 is 1.32 bits per heavy atom. The summed E-state index contributed by atoms with van der Waals surface area (Å²) in [4.78, 5) is 16.2. The highest BCUT2D eigenvalue weighted by atomic mass is 35.5. The molecule has 3 N–H and O–H groups in total. The molecule has 0 spiro atoms. The lowest BCUT2D eigenvalue weighted by molar-refractivity contribution is -0.121. The Labute approximate surface area is 147 Å². The van der Waals surface area contributed by atoms with Crippen molar-refractivity contribution >= 4 is 52.3 Å². The Morgan fingerprint density at radius 2 is 2.00 bits per heavy atom. The Balaban J connectivity index is 0.00000220. The molecular formula is C15H23Cl2N3OS. The van der Waals surface area contributed by atoms with E-state index in [9.17, 15) is 4.79 Å². The number of benzene rings is 1. The minimum atomic E-state index is -0.358. The van der Waals surface area contributed by atoms with Gasteiger partial charge in [-0.3, -0.25) is 4.79 Å². The van der Waals surface area contributed by atoms with Crippen molar-refractivity contribution in [2.24, 2.45) is 5.73 Å². The third kappa shape index (κ3) is 6.92. The molecule has 4 nitrogen and oxygen atoms in total. The Morgan fingerprint density at radius 3 is 2.64 bits per heavy atom. The standard InChI is InChI=1S/C15H21N3OS.2ClH/c1-15(2,16)10-17-13(19)8-5-9-14-18-11-6-3-4-7-12(11)20-14;;/h3-4,6-7H,5,8-10,16H2,1-2H3,(H,17,19);2*1H. The van der Waals surface area contributed by atoms with Gasteiger partial charge in [0.25, 0.3) is 0 Å². The third-order valence-corrected chi connectivity index (χ3v) is 3.97. The van der Waals surface area contributed by atoms with Crippen molar-refractivity contribution in [1.82, 2.24) is 10.3 Å². The number of amides is 1. The fourth-order valence-corrected chi connectivity index (χ4v) is 2.85. The average molecular weight is 364 g/mol. The number of carbonyl (C=O) groups is 1. The van der Waals surface area contributed by atoms with Gasteiger partial charge in [-0.1, -0.05) is 12.1 Å². The number of halogens is 2. The van der Waals surface area contributed by atoms with Gasteiger partial charge >= 0.3 is 0 Å². The molecule has 7 heteroatoms. The molecule has 1 heterocycles. The topological polar surface area (TPSA) is 68.0 Å². The number of carbonyl (C=O) groups excluding carboxylic acids is 1. The van der Waals surface area contributed by atoms with Gasteiger partial charge in [0.15, 0.2) is 0 Å². The van der Waals surface area contributed by atoms with Crippen molar-refractivity contribution in [3.8, 4) is 0 Å². The van der Waals surface area contributed by atoms with Crippen LogP contribution in [0.5, 0.6) is 0 Å². The first-order chi connectivity index (χ1) is 9.44. The lowest BCUT2D eigenvalue weighted by atomic mass is 10.1. The highest BCUT2D eigenvalue weighted by molar-refractivity contribution is 7.18. The van der Waals surface area contributed by atoms with Crippen LogP contribution in [0, 0.1) is 0 Å². The Hall–Kier alpha value is -0.880. The summed E-state index contributed by atoms with van der Waals surface area (Å²) in [5, 5.41) is 3.95. The molecule has 2 aromatic rings. The molecule has 2 rings (SSSR count). The van der Waals surface area contributed by atoms with Crippen LogP contribution >= 0.6 is 36.2 Å². The molecule has 0 saturated carbocycles.